The Morgan fingerprint density at radius 2 is 1.86 bits per heavy atom. The number of aliphatic imine (C=N–C) groups is 1. The molecular weight excluding hydrogens is 307 g/mol. The van der Waals surface area contributed by atoms with E-state index < -0.39 is 0 Å². The number of fused-ring (bicyclic) bond motifs is 1. The van der Waals surface area contributed by atoms with E-state index >= 15 is 0 Å². The number of aromatic hydroxyl groups is 1. The Kier molecular flexibility index (Phi) is 3.62. The van der Waals surface area contributed by atoms with Crippen molar-refractivity contribution in [1.29, 1.82) is 0 Å². The molecule has 3 aromatic rings. The number of nitrogens with one attached hydrogen (secondary N) is 1. The van der Waals surface area contributed by atoms with Gasteiger partial charge in [-0.05, 0) is 31.2 Å². The third-order valence-electron chi connectivity index (χ3n) is 3.23. The number of aromatic nitrogens is 1. The number of aromatic amines is 1. The highest BCUT2D eigenvalue weighted by Gasteiger charge is 2.10. The predicted octanol–water partition coefficient (Wildman–Crippen LogP) is 5.24. The van der Waals surface area contributed by atoms with E-state index in [4.69, 9.17) is 23.2 Å². The number of H-pyrrole nitrogens is 1. The summed E-state index contributed by atoms with van der Waals surface area (Å²) in [5.74, 6) is 0.0718. The van der Waals surface area contributed by atoms with Gasteiger partial charge in [-0.15, -0.1) is 0 Å². The van der Waals surface area contributed by atoms with Crippen molar-refractivity contribution in [2.24, 2.45) is 4.99 Å². The molecule has 0 saturated heterocycles. The van der Waals surface area contributed by atoms with Crippen molar-refractivity contribution in [2.45, 2.75) is 6.92 Å². The van der Waals surface area contributed by atoms with Gasteiger partial charge in [-0.3, -0.25) is 4.99 Å². The number of rotatable bonds is 2. The summed E-state index contributed by atoms with van der Waals surface area (Å²) < 4.78 is 0. The largest absolute Gasteiger partial charge is 0.494 e. The Bertz CT molecular complexity index is 833. The van der Waals surface area contributed by atoms with Gasteiger partial charge in [0.1, 0.15) is 5.69 Å². The summed E-state index contributed by atoms with van der Waals surface area (Å²) in [4.78, 5) is 7.24. The van der Waals surface area contributed by atoms with Crippen LogP contribution in [0.1, 0.15) is 11.1 Å². The zero-order chi connectivity index (χ0) is 15.0. The number of hydrogen-bond donors (Lipinski definition) is 2. The molecule has 0 saturated carbocycles. The summed E-state index contributed by atoms with van der Waals surface area (Å²) in [6.07, 6.45) is 1.57. The SMILES string of the molecule is Cc1ccc2[nH]c(O)c(C=Nc3c(Cl)cccc3Cl)c2c1. The number of aryl methyl sites for hydroxylation is 1. The van der Waals surface area contributed by atoms with Gasteiger partial charge in [0.05, 0.1) is 15.6 Å². The molecule has 0 unspecified atom stereocenters. The van der Waals surface area contributed by atoms with Crippen LogP contribution >= 0.6 is 23.2 Å². The minimum atomic E-state index is 0.0718. The first-order valence-electron chi connectivity index (χ1n) is 6.35. The highest BCUT2D eigenvalue weighted by atomic mass is 35.5. The van der Waals surface area contributed by atoms with E-state index in [-0.39, 0.29) is 5.88 Å². The van der Waals surface area contributed by atoms with Crippen molar-refractivity contribution in [3.05, 3.63) is 57.6 Å². The zero-order valence-corrected chi connectivity index (χ0v) is 12.7. The summed E-state index contributed by atoms with van der Waals surface area (Å²) >= 11 is 12.2. The molecule has 106 valence electrons. The summed E-state index contributed by atoms with van der Waals surface area (Å²) in [6.45, 7) is 2.00. The van der Waals surface area contributed by atoms with Crippen molar-refractivity contribution < 1.29 is 5.11 Å². The van der Waals surface area contributed by atoms with Crippen LogP contribution < -0.4 is 0 Å². The lowest BCUT2D eigenvalue weighted by Crippen LogP contribution is -1.81. The quantitative estimate of drug-likeness (QED) is 0.624. The van der Waals surface area contributed by atoms with Crippen molar-refractivity contribution in [3.63, 3.8) is 0 Å². The number of para-hydroxylation sites is 1. The lowest BCUT2D eigenvalue weighted by molar-refractivity contribution is 0.457. The van der Waals surface area contributed by atoms with E-state index in [0.717, 1.165) is 16.5 Å². The highest BCUT2D eigenvalue weighted by molar-refractivity contribution is 6.38. The highest BCUT2D eigenvalue weighted by Crippen LogP contribution is 2.33. The van der Waals surface area contributed by atoms with Gasteiger partial charge in [0.25, 0.3) is 0 Å². The monoisotopic (exact) mass is 318 g/mol. The number of hydrogen-bond acceptors (Lipinski definition) is 2. The van der Waals surface area contributed by atoms with Crippen LogP contribution in [0.2, 0.25) is 10.0 Å². The maximum absolute atomic E-state index is 10.0. The second-order valence-electron chi connectivity index (χ2n) is 4.76. The van der Waals surface area contributed by atoms with Gasteiger partial charge in [0.2, 0.25) is 0 Å². The zero-order valence-electron chi connectivity index (χ0n) is 11.2. The Hall–Kier alpha value is -1.97. The molecule has 1 aromatic heterocycles. The predicted molar refractivity (Wildman–Crippen MR) is 88.4 cm³/mol. The minimum Gasteiger partial charge on any atom is -0.494 e. The fourth-order valence-corrected chi connectivity index (χ4v) is 2.68. The van der Waals surface area contributed by atoms with Gasteiger partial charge in [0.15, 0.2) is 5.88 Å². The van der Waals surface area contributed by atoms with Crippen LogP contribution in [0, 0.1) is 6.92 Å². The average Bonchev–Trinajstić information content (AvgIpc) is 2.74. The Morgan fingerprint density at radius 1 is 1.14 bits per heavy atom. The molecule has 0 bridgehead atoms. The summed E-state index contributed by atoms with van der Waals surface area (Å²) in [6, 6.07) is 11.1. The normalized spacial score (nSPS) is 11.6. The molecule has 0 spiro atoms. The number of nitrogens with zero attached hydrogens (tertiary/aromatic N) is 1. The first kappa shape index (κ1) is 14.0. The first-order chi connectivity index (χ1) is 10.1. The van der Waals surface area contributed by atoms with Crippen LogP contribution in [0.5, 0.6) is 5.88 Å². The molecule has 5 heteroatoms. The molecule has 0 radical (unpaired) electrons. The van der Waals surface area contributed by atoms with Crippen LogP contribution in [0.25, 0.3) is 10.9 Å². The molecule has 0 aliphatic heterocycles. The van der Waals surface area contributed by atoms with E-state index in [0.29, 0.717) is 21.3 Å². The molecule has 21 heavy (non-hydrogen) atoms. The molecule has 0 aliphatic carbocycles. The van der Waals surface area contributed by atoms with Gasteiger partial charge in [-0.1, -0.05) is 40.9 Å². The Morgan fingerprint density at radius 3 is 2.57 bits per heavy atom. The molecule has 1 heterocycles. The molecule has 0 fully saturated rings. The Labute approximate surface area is 131 Å². The van der Waals surface area contributed by atoms with Crippen molar-refractivity contribution in [1.82, 2.24) is 4.98 Å². The van der Waals surface area contributed by atoms with Crippen LogP contribution in [0.4, 0.5) is 5.69 Å². The molecule has 3 nitrogen and oxygen atoms in total. The molecule has 2 aromatic carbocycles. The summed E-state index contributed by atoms with van der Waals surface area (Å²) in [7, 11) is 0. The average molecular weight is 319 g/mol. The van der Waals surface area contributed by atoms with Gasteiger partial charge in [-0.2, -0.15) is 0 Å². The molecule has 0 aliphatic rings. The number of benzene rings is 2. The summed E-state index contributed by atoms with van der Waals surface area (Å²) in [5, 5.41) is 11.9. The van der Waals surface area contributed by atoms with E-state index in [9.17, 15) is 5.11 Å². The second kappa shape index (κ2) is 5.43. The van der Waals surface area contributed by atoms with Gasteiger partial charge in [0, 0.05) is 17.1 Å². The maximum atomic E-state index is 10.0. The van der Waals surface area contributed by atoms with E-state index in [1.807, 2.05) is 25.1 Å². The molecule has 3 rings (SSSR count). The van der Waals surface area contributed by atoms with Gasteiger partial charge >= 0.3 is 0 Å². The molecular formula is C16H12Cl2N2O. The molecule has 2 N–H and O–H groups in total. The Balaban J connectivity index is 2.11. The number of halogens is 2. The lowest BCUT2D eigenvalue weighted by Gasteiger charge is -2.00. The lowest BCUT2D eigenvalue weighted by atomic mass is 10.1. The van der Waals surface area contributed by atoms with Crippen molar-refractivity contribution in [2.75, 3.05) is 0 Å². The van der Waals surface area contributed by atoms with E-state index in [2.05, 4.69) is 9.98 Å². The maximum Gasteiger partial charge on any atom is 0.198 e. The minimum absolute atomic E-state index is 0.0718. The van der Waals surface area contributed by atoms with Gasteiger partial charge in [-0.25, -0.2) is 0 Å². The van der Waals surface area contributed by atoms with Crippen molar-refractivity contribution >= 4 is 46.0 Å². The van der Waals surface area contributed by atoms with Gasteiger partial charge < -0.3 is 10.1 Å². The van der Waals surface area contributed by atoms with Crippen molar-refractivity contribution in [3.8, 4) is 5.88 Å². The standard InChI is InChI=1S/C16H12Cl2N2O/c1-9-5-6-14-10(7-9)11(16(21)20-14)8-19-15-12(17)3-2-4-13(15)18/h2-8,20-21H,1H3. The third kappa shape index (κ3) is 2.62. The summed E-state index contributed by atoms with van der Waals surface area (Å²) in [5.41, 5.74) is 3.06. The van der Waals surface area contributed by atoms with E-state index in [1.54, 1.807) is 24.4 Å². The van der Waals surface area contributed by atoms with E-state index in [1.165, 1.54) is 0 Å². The first-order valence-corrected chi connectivity index (χ1v) is 7.11. The topological polar surface area (TPSA) is 48.4 Å². The van der Waals surface area contributed by atoms with Crippen LogP contribution in [-0.4, -0.2) is 16.3 Å². The fourth-order valence-electron chi connectivity index (χ4n) is 2.18. The van der Waals surface area contributed by atoms with Crippen LogP contribution in [0.15, 0.2) is 41.4 Å². The fraction of sp³-hybridized carbons (Fsp3) is 0.0625. The third-order valence-corrected chi connectivity index (χ3v) is 3.84. The molecule has 0 amide bonds. The smallest absolute Gasteiger partial charge is 0.198 e. The van der Waals surface area contributed by atoms with Crippen LogP contribution in [-0.2, 0) is 0 Å². The van der Waals surface area contributed by atoms with Crippen LogP contribution in [0.3, 0.4) is 0 Å². The molecule has 0 atom stereocenters. The second-order valence-corrected chi connectivity index (χ2v) is 5.58.